The Hall–Kier alpha value is -2.00. The highest BCUT2D eigenvalue weighted by Gasteiger charge is 2.01. The van der Waals surface area contributed by atoms with Crippen molar-refractivity contribution in [2.75, 3.05) is 6.61 Å². The lowest BCUT2D eigenvalue weighted by Crippen LogP contribution is -1.98. The van der Waals surface area contributed by atoms with E-state index >= 15 is 0 Å². The predicted octanol–water partition coefficient (Wildman–Crippen LogP) is 4.95. The summed E-state index contributed by atoms with van der Waals surface area (Å²) < 4.78 is 5.63. The van der Waals surface area contributed by atoms with Crippen LogP contribution in [-0.4, -0.2) is 6.61 Å². The number of hydrogen-bond acceptors (Lipinski definition) is 3. The predicted molar refractivity (Wildman–Crippen MR) is 84.0 cm³/mol. The topological polar surface area (TPSA) is 56.8 Å². The molecule has 0 atom stereocenters. The second kappa shape index (κ2) is 10.7. The van der Waals surface area contributed by atoms with Crippen molar-refractivity contribution in [1.29, 1.82) is 10.5 Å². The number of benzene rings is 1. The number of unbranched alkanes of at least 4 members (excludes halogenated alkanes) is 7. The average molecular weight is 284 g/mol. The Morgan fingerprint density at radius 3 is 1.86 bits per heavy atom. The fourth-order valence-corrected chi connectivity index (χ4v) is 2.24. The minimum Gasteiger partial charge on any atom is -0.494 e. The van der Waals surface area contributed by atoms with Crippen LogP contribution in [0.15, 0.2) is 18.2 Å². The Morgan fingerprint density at radius 1 is 0.810 bits per heavy atom. The number of nitriles is 2. The molecule has 0 aliphatic heterocycles. The molecule has 3 heteroatoms. The van der Waals surface area contributed by atoms with Crippen molar-refractivity contribution in [2.45, 2.75) is 58.3 Å². The summed E-state index contributed by atoms with van der Waals surface area (Å²) in [5, 5.41) is 17.8. The van der Waals surface area contributed by atoms with Crippen LogP contribution < -0.4 is 4.74 Å². The maximum Gasteiger partial charge on any atom is 0.121 e. The van der Waals surface area contributed by atoms with Crippen LogP contribution in [0.4, 0.5) is 0 Å². The molecular weight excluding hydrogens is 260 g/mol. The molecule has 0 saturated heterocycles. The van der Waals surface area contributed by atoms with Crippen molar-refractivity contribution in [3.63, 3.8) is 0 Å². The highest BCUT2D eigenvalue weighted by atomic mass is 16.5. The van der Waals surface area contributed by atoms with Crippen molar-refractivity contribution in [2.24, 2.45) is 0 Å². The fraction of sp³-hybridized carbons (Fsp3) is 0.556. The van der Waals surface area contributed by atoms with Gasteiger partial charge in [-0.15, -0.1) is 0 Å². The molecule has 0 fully saturated rings. The van der Waals surface area contributed by atoms with Gasteiger partial charge in [0.25, 0.3) is 0 Å². The molecule has 0 radical (unpaired) electrons. The molecule has 1 rings (SSSR count). The van der Waals surface area contributed by atoms with Gasteiger partial charge in [0.05, 0.1) is 29.9 Å². The van der Waals surface area contributed by atoms with Gasteiger partial charge in [-0.25, -0.2) is 0 Å². The van der Waals surface area contributed by atoms with Gasteiger partial charge in [0.15, 0.2) is 0 Å². The van der Waals surface area contributed by atoms with Gasteiger partial charge < -0.3 is 4.74 Å². The Labute approximate surface area is 128 Å². The first-order valence-electron chi connectivity index (χ1n) is 7.88. The van der Waals surface area contributed by atoms with E-state index in [4.69, 9.17) is 15.3 Å². The van der Waals surface area contributed by atoms with Crippen LogP contribution in [0.1, 0.15) is 69.4 Å². The molecule has 0 aliphatic rings. The minimum atomic E-state index is 0.472. The zero-order valence-corrected chi connectivity index (χ0v) is 12.9. The van der Waals surface area contributed by atoms with E-state index in [1.54, 1.807) is 18.2 Å². The van der Waals surface area contributed by atoms with E-state index in [1.807, 2.05) is 12.1 Å². The highest BCUT2D eigenvalue weighted by molar-refractivity contribution is 5.45. The van der Waals surface area contributed by atoms with Crippen LogP contribution in [0.3, 0.4) is 0 Å². The molecule has 112 valence electrons. The van der Waals surface area contributed by atoms with Crippen LogP contribution in [0.5, 0.6) is 5.75 Å². The minimum absolute atomic E-state index is 0.472. The standard InChI is InChI=1S/C18H24N2O/c1-2-3-4-5-6-7-8-9-10-21-18-12-16(14-19)11-17(13-18)15-20/h11-13H,2-10H2,1H3. The SMILES string of the molecule is CCCCCCCCCCOc1cc(C#N)cc(C#N)c1. The molecule has 0 saturated carbocycles. The number of nitrogens with zero attached hydrogens (tertiary/aromatic N) is 2. The van der Waals surface area contributed by atoms with E-state index < -0.39 is 0 Å². The summed E-state index contributed by atoms with van der Waals surface area (Å²) in [6.45, 7) is 2.88. The smallest absolute Gasteiger partial charge is 0.121 e. The van der Waals surface area contributed by atoms with Crippen LogP contribution in [0.2, 0.25) is 0 Å². The lowest BCUT2D eigenvalue weighted by molar-refractivity contribution is 0.304. The fourth-order valence-electron chi connectivity index (χ4n) is 2.24. The largest absolute Gasteiger partial charge is 0.494 e. The van der Waals surface area contributed by atoms with Crippen molar-refractivity contribution < 1.29 is 4.74 Å². The van der Waals surface area contributed by atoms with E-state index in [0.29, 0.717) is 23.5 Å². The van der Waals surface area contributed by atoms with Gasteiger partial charge in [-0.05, 0) is 24.6 Å². The van der Waals surface area contributed by atoms with E-state index in [0.717, 1.165) is 6.42 Å². The van der Waals surface area contributed by atoms with Gasteiger partial charge >= 0.3 is 0 Å². The molecule has 0 amide bonds. The molecule has 1 aromatic carbocycles. The molecule has 0 bridgehead atoms. The average Bonchev–Trinajstić information content (AvgIpc) is 2.52. The zero-order valence-electron chi connectivity index (χ0n) is 12.9. The molecule has 0 aromatic heterocycles. The Morgan fingerprint density at radius 2 is 1.33 bits per heavy atom. The van der Waals surface area contributed by atoms with E-state index in [-0.39, 0.29) is 0 Å². The van der Waals surface area contributed by atoms with Gasteiger partial charge in [-0.1, -0.05) is 51.9 Å². The maximum absolute atomic E-state index is 8.90. The summed E-state index contributed by atoms with van der Waals surface area (Å²) in [4.78, 5) is 0. The van der Waals surface area contributed by atoms with E-state index in [1.165, 1.54) is 44.9 Å². The van der Waals surface area contributed by atoms with Crippen molar-refractivity contribution in [1.82, 2.24) is 0 Å². The van der Waals surface area contributed by atoms with Crippen LogP contribution in [0.25, 0.3) is 0 Å². The van der Waals surface area contributed by atoms with Gasteiger partial charge in [0.2, 0.25) is 0 Å². The van der Waals surface area contributed by atoms with E-state index in [2.05, 4.69) is 6.92 Å². The Bertz CT molecular complexity index is 465. The number of ether oxygens (including phenoxy) is 1. The highest BCUT2D eigenvalue weighted by Crippen LogP contribution is 2.17. The summed E-state index contributed by atoms with van der Waals surface area (Å²) >= 11 is 0. The maximum atomic E-state index is 8.90. The quantitative estimate of drug-likeness (QED) is 0.571. The lowest BCUT2D eigenvalue weighted by Gasteiger charge is -2.07. The lowest BCUT2D eigenvalue weighted by atomic mass is 10.1. The van der Waals surface area contributed by atoms with Crippen molar-refractivity contribution in [3.8, 4) is 17.9 Å². The van der Waals surface area contributed by atoms with Crippen molar-refractivity contribution >= 4 is 0 Å². The summed E-state index contributed by atoms with van der Waals surface area (Å²) in [6.07, 6.45) is 10.1. The summed E-state index contributed by atoms with van der Waals surface area (Å²) in [5.74, 6) is 0.619. The molecule has 0 unspecified atom stereocenters. The van der Waals surface area contributed by atoms with Gasteiger partial charge in [0.1, 0.15) is 5.75 Å². The molecule has 0 spiro atoms. The first-order chi connectivity index (χ1) is 10.3. The third kappa shape index (κ3) is 7.37. The molecule has 3 nitrogen and oxygen atoms in total. The summed E-state index contributed by atoms with van der Waals surface area (Å²) in [5.41, 5.74) is 0.944. The molecular formula is C18H24N2O. The Balaban J connectivity index is 2.18. The van der Waals surface area contributed by atoms with Gasteiger partial charge in [-0.2, -0.15) is 10.5 Å². The molecule has 0 aliphatic carbocycles. The zero-order chi connectivity index (χ0) is 15.3. The second-order valence-electron chi connectivity index (χ2n) is 5.29. The van der Waals surface area contributed by atoms with Gasteiger partial charge in [-0.3, -0.25) is 0 Å². The van der Waals surface area contributed by atoms with Crippen LogP contribution in [0, 0.1) is 22.7 Å². The van der Waals surface area contributed by atoms with Gasteiger partial charge in [0, 0.05) is 0 Å². The number of rotatable bonds is 10. The molecule has 21 heavy (non-hydrogen) atoms. The Kier molecular flexibility index (Phi) is 8.73. The summed E-state index contributed by atoms with van der Waals surface area (Å²) in [7, 11) is 0. The summed E-state index contributed by atoms with van der Waals surface area (Å²) in [6, 6.07) is 9.04. The monoisotopic (exact) mass is 284 g/mol. The van der Waals surface area contributed by atoms with Crippen LogP contribution >= 0.6 is 0 Å². The van der Waals surface area contributed by atoms with Crippen molar-refractivity contribution in [3.05, 3.63) is 29.3 Å². The number of hydrogen-bond donors (Lipinski definition) is 0. The second-order valence-corrected chi connectivity index (χ2v) is 5.29. The first kappa shape index (κ1) is 17.1. The third-order valence-corrected chi connectivity index (χ3v) is 3.43. The molecule has 0 N–H and O–H groups in total. The normalized spacial score (nSPS) is 9.86. The van der Waals surface area contributed by atoms with E-state index in [9.17, 15) is 0 Å². The molecule has 0 heterocycles. The molecule has 1 aromatic rings. The third-order valence-electron chi connectivity index (χ3n) is 3.43. The van der Waals surface area contributed by atoms with Crippen LogP contribution in [-0.2, 0) is 0 Å². The first-order valence-corrected chi connectivity index (χ1v) is 7.88.